The van der Waals surface area contributed by atoms with E-state index in [0.717, 1.165) is 16.7 Å². The third kappa shape index (κ3) is 3.77. The van der Waals surface area contributed by atoms with Crippen molar-refractivity contribution < 1.29 is 8.42 Å². The van der Waals surface area contributed by atoms with Crippen molar-refractivity contribution in [1.29, 1.82) is 0 Å². The second-order valence-corrected chi connectivity index (χ2v) is 8.18. The Bertz CT molecular complexity index is 1070. The zero-order valence-corrected chi connectivity index (χ0v) is 15.9. The van der Waals surface area contributed by atoms with Crippen molar-refractivity contribution in [3.8, 4) is 22.5 Å². The van der Waals surface area contributed by atoms with E-state index in [9.17, 15) is 8.42 Å². The van der Waals surface area contributed by atoms with Gasteiger partial charge in [0.15, 0.2) is 0 Å². The molecule has 3 aromatic rings. The van der Waals surface area contributed by atoms with Gasteiger partial charge in [0.2, 0.25) is 10.0 Å². The zero-order valence-electron chi connectivity index (χ0n) is 14.3. The second kappa shape index (κ2) is 7.15. The van der Waals surface area contributed by atoms with Gasteiger partial charge in [0, 0.05) is 17.4 Å². The Kier molecular flexibility index (Phi) is 5.09. The van der Waals surface area contributed by atoms with Gasteiger partial charge in [-0.3, -0.25) is 9.97 Å². The molecule has 0 saturated heterocycles. The van der Waals surface area contributed by atoms with Crippen molar-refractivity contribution in [2.75, 3.05) is 0 Å². The van der Waals surface area contributed by atoms with Gasteiger partial charge in [0.25, 0.3) is 0 Å². The maximum atomic E-state index is 11.9. The highest BCUT2D eigenvalue weighted by atomic mass is 35.5. The Morgan fingerprint density at radius 2 is 1.81 bits per heavy atom. The molecule has 1 aromatic carbocycles. The summed E-state index contributed by atoms with van der Waals surface area (Å²) in [6.07, 6.45) is 3.13. The quantitative estimate of drug-likeness (QED) is 0.725. The molecule has 0 aliphatic rings. The lowest BCUT2D eigenvalue weighted by Crippen LogP contribution is -2.14. The van der Waals surface area contributed by atoms with Crippen molar-refractivity contribution in [2.45, 2.75) is 24.7 Å². The maximum Gasteiger partial charge on any atom is 0.240 e. The third-order valence-electron chi connectivity index (χ3n) is 4.03. The zero-order chi connectivity index (χ0) is 18.9. The Morgan fingerprint density at radius 1 is 1.04 bits per heavy atom. The van der Waals surface area contributed by atoms with E-state index in [0.29, 0.717) is 16.6 Å². The van der Waals surface area contributed by atoms with Crippen molar-refractivity contribution in [3.05, 3.63) is 65.4 Å². The number of benzene rings is 1. The lowest BCUT2D eigenvalue weighted by molar-refractivity contribution is 0.597. The van der Waals surface area contributed by atoms with E-state index in [4.69, 9.17) is 16.7 Å². The van der Waals surface area contributed by atoms with E-state index >= 15 is 0 Å². The second-order valence-electron chi connectivity index (χ2n) is 6.21. The van der Waals surface area contributed by atoms with Crippen LogP contribution in [0.1, 0.15) is 25.3 Å². The van der Waals surface area contributed by atoms with Gasteiger partial charge >= 0.3 is 0 Å². The van der Waals surface area contributed by atoms with E-state index < -0.39 is 10.0 Å². The van der Waals surface area contributed by atoms with E-state index in [2.05, 4.69) is 23.8 Å². The van der Waals surface area contributed by atoms with Crippen molar-refractivity contribution in [2.24, 2.45) is 5.14 Å². The SMILES string of the molecule is CC(C)c1ccc(Cl)cc1-c1ccnc(-c2ncccc2S(N)(=O)=O)c1. The number of pyridine rings is 2. The van der Waals surface area contributed by atoms with Crippen LogP contribution in [0, 0.1) is 0 Å². The topological polar surface area (TPSA) is 85.9 Å². The molecule has 2 N–H and O–H groups in total. The molecule has 0 aliphatic heterocycles. The third-order valence-corrected chi connectivity index (χ3v) is 5.21. The number of primary sulfonamides is 1. The number of aromatic nitrogens is 2. The molecule has 0 aliphatic carbocycles. The smallest absolute Gasteiger partial charge is 0.240 e. The van der Waals surface area contributed by atoms with Crippen molar-refractivity contribution >= 4 is 21.6 Å². The number of halogens is 1. The van der Waals surface area contributed by atoms with Crippen LogP contribution in [0.2, 0.25) is 5.02 Å². The fourth-order valence-electron chi connectivity index (χ4n) is 2.82. The number of nitrogens with zero attached hydrogens (tertiary/aromatic N) is 2. The molecular weight excluding hydrogens is 370 g/mol. The van der Waals surface area contributed by atoms with Gasteiger partial charge in [-0.1, -0.05) is 31.5 Å². The average Bonchev–Trinajstić information content (AvgIpc) is 2.61. The molecule has 134 valence electrons. The highest BCUT2D eigenvalue weighted by Gasteiger charge is 2.18. The van der Waals surface area contributed by atoms with E-state index in [1.54, 1.807) is 12.3 Å². The molecule has 3 rings (SSSR count). The summed E-state index contributed by atoms with van der Waals surface area (Å²) in [4.78, 5) is 8.41. The summed E-state index contributed by atoms with van der Waals surface area (Å²) < 4.78 is 23.7. The van der Waals surface area contributed by atoms with Crippen LogP contribution in [0.25, 0.3) is 22.5 Å². The Morgan fingerprint density at radius 3 is 2.50 bits per heavy atom. The van der Waals surface area contributed by atoms with Crippen LogP contribution in [-0.4, -0.2) is 18.4 Å². The summed E-state index contributed by atoms with van der Waals surface area (Å²) in [7, 11) is -3.91. The normalized spacial score (nSPS) is 11.7. The lowest BCUT2D eigenvalue weighted by Gasteiger charge is -2.14. The van der Waals surface area contributed by atoms with E-state index in [1.807, 2.05) is 24.3 Å². The summed E-state index contributed by atoms with van der Waals surface area (Å²) in [5, 5.41) is 5.95. The van der Waals surface area contributed by atoms with Crippen LogP contribution in [0.5, 0.6) is 0 Å². The standard InChI is InChI=1S/C19H18ClN3O2S/c1-12(2)15-6-5-14(20)11-16(15)13-7-9-22-17(10-13)19-18(26(21,24)25)4-3-8-23-19/h3-12H,1-2H3,(H2,21,24,25). The highest BCUT2D eigenvalue weighted by molar-refractivity contribution is 7.89. The van der Waals surface area contributed by atoms with Crippen LogP contribution in [-0.2, 0) is 10.0 Å². The minimum Gasteiger partial charge on any atom is -0.255 e. The maximum absolute atomic E-state index is 11.9. The largest absolute Gasteiger partial charge is 0.255 e. The Hall–Kier alpha value is -2.28. The highest BCUT2D eigenvalue weighted by Crippen LogP contribution is 2.33. The first-order chi connectivity index (χ1) is 12.3. The van der Waals surface area contributed by atoms with Gasteiger partial charge < -0.3 is 0 Å². The van der Waals surface area contributed by atoms with Crippen LogP contribution >= 0.6 is 11.6 Å². The molecule has 5 nitrogen and oxygen atoms in total. The molecule has 0 saturated carbocycles. The molecule has 0 atom stereocenters. The molecule has 26 heavy (non-hydrogen) atoms. The molecule has 0 spiro atoms. The van der Waals surface area contributed by atoms with Crippen LogP contribution in [0.4, 0.5) is 0 Å². The van der Waals surface area contributed by atoms with Crippen LogP contribution < -0.4 is 5.14 Å². The Balaban J connectivity index is 2.20. The number of sulfonamides is 1. The average molecular weight is 388 g/mol. The Labute approximate surface area is 157 Å². The van der Waals surface area contributed by atoms with Crippen LogP contribution in [0.3, 0.4) is 0 Å². The molecule has 0 radical (unpaired) electrons. The van der Waals surface area contributed by atoms with Gasteiger partial charge in [-0.05, 0) is 59.0 Å². The molecule has 0 bridgehead atoms. The van der Waals surface area contributed by atoms with E-state index in [1.165, 1.54) is 18.3 Å². The molecular formula is C19H18ClN3O2S. The fourth-order valence-corrected chi connectivity index (χ4v) is 3.69. The van der Waals surface area contributed by atoms with Crippen molar-refractivity contribution in [1.82, 2.24) is 9.97 Å². The molecule has 0 unspecified atom stereocenters. The van der Waals surface area contributed by atoms with Gasteiger partial charge in [-0.25, -0.2) is 13.6 Å². The minimum atomic E-state index is -3.91. The van der Waals surface area contributed by atoms with Gasteiger partial charge in [-0.15, -0.1) is 0 Å². The number of nitrogens with two attached hydrogens (primary N) is 1. The number of hydrogen-bond donors (Lipinski definition) is 1. The van der Waals surface area contributed by atoms with E-state index in [-0.39, 0.29) is 10.6 Å². The molecule has 7 heteroatoms. The summed E-state index contributed by atoms with van der Waals surface area (Å²) in [6.45, 7) is 4.21. The molecule has 0 fully saturated rings. The number of rotatable bonds is 4. The predicted octanol–water partition coefficient (Wildman–Crippen LogP) is 4.23. The number of hydrogen-bond acceptors (Lipinski definition) is 4. The summed E-state index contributed by atoms with van der Waals surface area (Å²) in [6, 6.07) is 12.4. The first kappa shape index (κ1) is 18.5. The summed E-state index contributed by atoms with van der Waals surface area (Å²) in [5.41, 5.74) is 3.66. The predicted molar refractivity (Wildman–Crippen MR) is 103 cm³/mol. The van der Waals surface area contributed by atoms with Gasteiger partial charge in [-0.2, -0.15) is 0 Å². The van der Waals surface area contributed by atoms with Crippen molar-refractivity contribution in [3.63, 3.8) is 0 Å². The summed E-state index contributed by atoms with van der Waals surface area (Å²) in [5.74, 6) is 0.300. The molecule has 0 amide bonds. The first-order valence-corrected chi connectivity index (χ1v) is 9.94. The van der Waals surface area contributed by atoms with Crippen LogP contribution in [0.15, 0.2) is 59.8 Å². The van der Waals surface area contributed by atoms with Gasteiger partial charge in [0.1, 0.15) is 10.6 Å². The lowest BCUT2D eigenvalue weighted by atomic mass is 9.92. The summed E-state index contributed by atoms with van der Waals surface area (Å²) >= 11 is 6.19. The fraction of sp³-hybridized carbons (Fsp3) is 0.158. The monoisotopic (exact) mass is 387 g/mol. The minimum absolute atomic E-state index is 0.0557. The van der Waals surface area contributed by atoms with Gasteiger partial charge in [0.05, 0.1) is 5.69 Å². The first-order valence-electron chi connectivity index (χ1n) is 8.01. The molecule has 2 aromatic heterocycles. The molecule has 2 heterocycles.